The predicted octanol–water partition coefficient (Wildman–Crippen LogP) is 5.33. The van der Waals surface area contributed by atoms with Gasteiger partial charge in [-0.3, -0.25) is 9.59 Å². The van der Waals surface area contributed by atoms with Crippen LogP contribution in [0, 0.1) is 16.7 Å². The molecule has 1 aromatic rings. The van der Waals surface area contributed by atoms with Gasteiger partial charge in [-0.1, -0.05) is 55.1 Å². The molecule has 190 valence electrons. The van der Waals surface area contributed by atoms with E-state index < -0.39 is 5.41 Å². The van der Waals surface area contributed by atoms with Crippen LogP contribution in [0.2, 0.25) is 5.02 Å². The van der Waals surface area contributed by atoms with Crippen molar-refractivity contribution < 1.29 is 14.4 Å². The molecule has 0 bridgehead atoms. The van der Waals surface area contributed by atoms with E-state index in [-0.39, 0.29) is 23.3 Å². The Morgan fingerprint density at radius 1 is 1.09 bits per heavy atom. The second-order valence-electron chi connectivity index (χ2n) is 11.5. The van der Waals surface area contributed by atoms with Crippen LogP contribution < -0.4 is 5.32 Å². The third-order valence-corrected chi connectivity index (χ3v) is 9.06. The van der Waals surface area contributed by atoms with Crippen LogP contribution in [0.1, 0.15) is 83.1 Å². The minimum Gasteiger partial charge on any atom is -0.392 e. The lowest BCUT2D eigenvalue weighted by atomic mass is 9.72. The van der Waals surface area contributed by atoms with Gasteiger partial charge in [-0.15, -0.1) is 0 Å². The largest absolute Gasteiger partial charge is 0.392 e. The zero-order chi connectivity index (χ0) is 24.5. The Bertz CT molecular complexity index is 958. The molecule has 1 N–H and O–H groups in total. The van der Waals surface area contributed by atoms with E-state index in [0.717, 1.165) is 30.7 Å². The maximum atomic E-state index is 13.7. The summed E-state index contributed by atoms with van der Waals surface area (Å²) < 4.78 is 0. The number of amides is 2. The zero-order valence-corrected chi connectivity index (χ0v) is 21.6. The summed E-state index contributed by atoms with van der Waals surface area (Å²) in [5, 5.41) is 8.37. The molecule has 0 aromatic heterocycles. The average molecular weight is 500 g/mol. The van der Waals surface area contributed by atoms with E-state index in [1.807, 2.05) is 29.2 Å². The molecule has 2 amide bonds. The molecule has 2 aliphatic carbocycles. The molecular weight excluding hydrogens is 462 g/mol. The summed E-state index contributed by atoms with van der Waals surface area (Å²) in [5.41, 5.74) is 1.22. The van der Waals surface area contributed by atoms with Crippen LogP contribution in [0.25, 0.3) is 0 Å². The van der Waals surface area contributed by atoms with E-state index in [1.54, 1.807) is 0 Å². The topological polar surface area (TPSA) is 71.0 Å². The molecule has 1 unspecified atom stereocenters. The minimum atomic E-state index is -0.522. The Kier molecular flexibility index (Phi) is 7.11. The molecule has 3 fully saturated rings. The van der Waals surface area contributed by atoms with Crippen molar-refractivity contribution in [3.05, 3.63) is 34.9 Å². The van der Waals surface area contributed by atoms with Gasteiger partial charge >= 0.3 is 0 Å². The summed E-state index contributed by atoms with van der Waals surface area (Å²) in [4.78, 5) is 34.5. The van der Waals surface area contributed by atoms with E-state index in [9.17, 15) is 9.59 Å². The number of carbonyl (C=O) groups excluding carboxylic acids is 2. The summed E-state index contributed by atoms with van der Waals surface area (Å²) >= 11 is 6.04. The number of benzene rings is 1. The fraction of sp³-hybridized carbons (Fsp3) is 0.679. The van der Waals surface area contributed by atoms with Gasteiger partial charge in [0.25, 0.3) is 0 Å². The van der Waals surface area contributed by atoms with Gasteiger partial charge in [-0.2, -0.15) is 0 Å². The van der Waals surface area contributed by atoms with Crippen LogP contribution >= 0.6 is 11.6 Å². The summed E-state index contributed by atoms with van der Waals surface area (Å²) in [6, 6.07) is 7.64. The normalized spacial score (nSPS) is 25.5. The third kappa shape index (κ3) is 5.52. The number of rotatable bonds is 7. The summed E-state index contributed by atoms with van der Waals surface area (Å²) in [6.07, 6.45) is 10.8. The van der Waals surface area contributed by atoms with Gasteiger partial charge in [0.05, 0.1) is 11.1 Å². The van der Waals surface area contributed by atoms with Gasteiger partial charge in [-0.25, -0.2) is 0 Å². The van der Waals surface area contributed by atoms with Gasteiger partial charge < -0.3 is 15.1 Å². The number of nitrogens with zero attached hydrogens (tertiary/aromatic N) is 2. The van der Waals surface area contributed by atoms with Crippen molar-refractivity contribution >= 4 is 29.1 Å². The van der Waals surface area contributed by atoms with Crippen molar-refractivity contribution in [3.63, 3.8) is 0 Å². The fourth-order valence-corrected chi connectivity index (χ4v) is 6.17. The van der Waals surface area contributed by atoms with Crippen LogP contribution in [0.3, 0.4) is 0 Å². The number of likely N-dealkylation sites (tertiary alicyclic amines) is 1. The molecule has 35 heavy (non-hydrogen) atoms. The summed E-state index contributed by atoms with van der Waals surface area (Å²) in [6.45, 7) is 4.11. The van der Waals surface area contributed by atoms with Crippen molar-refractivity contribution in [1.82, 2.24) is 10.2 Å². The Labute approximate surface area is 213 Å². The number of carbonyl (C=O) groups is 2. The van der Waals surface area contributed by atoms with Gasteiger partial charge in [0.15, 0.2) is 0 Å². The molecule has 0 spiro atoms. The summed E-state index contributed by atoms with van der Waals surface area (Å²) in [7, 11) is 0. The number of piperidine rings is 1. The molecule has 2 saturated carbocycles. The number of hydrogen-bond acceptors (Lipinski definition) is 4. The molecule has 7 heteroatoms. The number of hydrogen-bond donors (Lipinski definition) is 1. The van der Waals surface area contributed by atoms with E-state index in [1.165, 1.54) is 32.1 Å². The first-order valence-electron chi connectivity index (χ1n) is 13.4. The molecule has 0 radical (unpaired) electrons. The predicted molar refractivity (Wildman–Crippen MR) is 137 cm³/mol. The van der Waals surface area contributed by atoms with Crippen LogP contribution in [-0.2, 0) is 14.4 Å². The monoisotopic (exact) mass is 499 g/mol. The molecule has 1 atom stereocenters. The molecule has 4 aliphatic rings. The molecule has 1 saturated heterocycles. The first-order chi connectivity index (χ1) is 16.9. The lowest BCUT2D eigenvalue weighted by Gasteiger charge is -2.42. The highest BCUT2D eigenvalue weighted by atomic mass is 35.5. The van der Waals surface area contributed by atoms with Gasteiger partial charge in [0.2, 0.25) is 11.8 Å². The number of nitrogens with one attached hydrogen (secondary N) is 1. The SMILES string of the molecule is CC1(C(=O)N2CCC(CC3CC(c4ccc(Cl)cc4)=NO3)(C(=O)NCC3CCCCC3)CC2)CC1. The van der Waals surface area contributed by atoms with Crippen LogP contribution in [-0.4, -0.2) is 48.2 Å². The highest BCUT2D eigenvalue weighted by molar-refractivity contribution is 6.30. The second-order valence-corrected chi connectivity index (χ2v) is 12.0. The Hall–Kier alpha value is -2.08. The number of halogens is 1. The smallest absolute Gasteiger partial charge is 0.228 e. The zero-order valence-electron chi connectivity index (χ0n) is 20.9. The molecule has 5 rings (SSSR count). The van der Waals surface area contributed by atoms with Crippen molar-refractivity contribution in [3.8, 4) is 0 Å². The second kappa shape index (κ2) is 10.1. The Morgan fingerprint density at radius 2 is 1.77 bits per heavy atom. The maximum Gasteiger partial charge on any atom is 0.228 e. The first kappa shape index (κ1) is 24.6. The lowest BCUT2D eigenvalue weighted by molar-refractivity contribution is -0.145. The van der Waals surface area contributed by atoms with Crippen molar-refractivity contribution in [2.75, 3.05) is 19.6 Å². The number of oxime groups is 1. The van der Waals surface area contributed by atoms with Gasteiger partial charge in [-0.05, 0) is 62.1 Å². The summed E-state index contributed by atoms with van der Waals surface area (Å²) in [5.74, 6) is 0.986. The molecule has 6 nitrogen and oxygen atoms in total. The Balaban J connectivity index is 1.24. The van der Waals surface area contributed by atoms with Crippen molar-refractivity contribution in [1.29, 1.82) is 0 Å². The fourth-order valence-electron chi connectivity index (χ4n) is 6.05. The van der Waals surface area contributed by atoms with Crippen LogP contribution in [0.4, 0.5) is 0 Å². The van der Waals surface area contributed by atoms with E-state index in [4.69, 9.17) is 16.4 Å². The average Bonchev–Trinajstić information content (AvgIpc) is 3.47. The van der Waals surface area contributed by atoms with Crippen LogP contribution in [0.5, 0.6) is 0 Å². The Morgan fingerprint density at radius 3 is 2.43 bits per heavy atom. The van der Waals surface area contributed by atoms with E-state index in [2.05, 4.69) is 17.4 Å². The highest BCUT2D eigenvalue weighted by Gasteiger charge is 2.50. The molecular formula is C28H38ClN3O3. The van der Waals surface area contributed by atoms with E-state index in [0.29, 0.717) is 49.7 Å². The molecule has 1 aromatic carbocycles. The van der Waals surface area contributed by atoms with Gasteiger partial charge in [0, 0.05) is 42.9 Å². The molecule has 2 aliphatic heterocycles. The van der Waals surface area contributed by atoms with Gasteiger partial charge in [0.1, 0.15) is 6.10 Å². The van der Waals surface area contributed by atoms with Crippen molar-refractivity contribution in [2.24, 2.45) is 21.9 Å². The van der Waals surface area contributed by atoms with Crippen LogP contribution in [0.15, 0.2) is 29.4 Å². The van der Waals surface area contributed by atoms with E-state index >= 15 is 0 Å². The third-order valence-electron chi connectivity index (χ3n) is 8.81. The lowest BCUT2D eigenvalue weighted by Crippen LogP contribution is -2.53. The first-order valence-corrected chi connectivity index (χ1v) is 13.8. The quantitative estimate of drug-likeness (QED) is 0.551. The standard InChI is InChI=1S/C28H38ClN3O3/c1-27(11-12-27)26(34)32-15-13-28(14-16-32,25(33)30-19-20-5-3-2-4-6-20)18-23-17-24(31-35-23)21-7-9-22(29)10-8-21/h7-10,20,23H,2-6,11-19H2,1H3,(H,30,33). The minimum absolute atomic E-state index is 0.135. The highest BCUT2D eigenvalue weighted by Crippen LogP contribution is 2.48. The van der Waals surface area contributed by atoms with Crippen molar-refractivity contribution in [2.45, 2.75) is 83.7 Å². The maximum absolute atomic E-state index is 13.7. The molecule has 2 heterocycles.